The van der Waals surface area contributed by atoms with Crippen LogP contribution in [0.2, 0.25) is 0 Å². The van der Waals surface area contributed by atoms with Gasteiger partial charge in [0.05, 0.1) is 24.6 Å². The number of anilines is 1. The molecule has 4 heterocycles. The molecule has 10 heteroatoms. The highest BCUT2D eigenvalue weighted by molar-refractivity contribution is 5.97. The van der Waals surface area contributed by atoms with Gasteiger partial charge >= 0.3 is 0 Å². The minimum atomic E-state index is -0.470. The van der Waals surface area contributed by atoms with Crippen LogP contribution < -0.4 is 9.64 Å². The highest BCUT2D eigenvalue weighted by Crippen LogP contribution is 2.38. The number of benzene rings is 2. The lowest BCUT2D eigenvalue weighted by molar-refractivity contribution is 0.0360. The van der Waals surface area contributed by atoms with Crippen molar-refractivity contribution in [3.63, 3.8) is 0 Å². The van der Waals surface area contributed by atoms with Gasteiger partial charge in [0.25, 0.3) is 11.8 Å². The molecule has 2 aromatic carbocycles. The van der Waals surface area contributed by atoms with Crippen molar-refractivity contribution in [2.75, 3.05) is 44.2 Å². The number of rotatable bonds is 4. The smallest absolute Gasteiger partial charge is 0.272 e. The van der Waals surface area contributed by atoms with Gasteiger partial charge in [-0.2, -0.15) is 0 Å². The Hall–Kier alpha value is -4.86. The number of aromatic nitrogens is 3. The van der Waals surface area contributed by atoms with Crippen molar-refractivity contribution in [2.24, 2.45) is 5.41 Å². The van der Waals surface area contributed by atoms with Crippen LogP contribution in [0, 0.1) is 11.2 Å². The topological polar surface area (TPSA) is 91.8 Å². The highest BCUT2D eigenvalue weighted by Gasteiger charge is 2.37. The van der Waals surface area contributed by atoms with Crippen molar-refractivity contribution in [3.8, 4) is 5.75 Å². The van der Waals surface area contributed by atoms with Gasteiger partial charge in [0.15, 0.2) is 0 Å². The van der Waals surface area contributed by atoms with Crippen molar-refractivity contribution in [1.29, 1.82) is 0 Å². The number of pyridine rings is 1. The molecule has 9 nitrogen and oxygen atoms in total. The SMILES string of the molecule is O=C(c1ccc(F)cn1)N1CCC2(CCCN(c3cnccn3)CCN(Cc3ccccc3)C(=O)c3ccccc3OC2)CC1. The van der Waals surface area contributed by atoms with E-state index in [0.29, 0.717) is 50.6 Å². The Morgan fingerprint density at radius 1 is 0.844 bits per heavy atom. The number of carbonyl (C=O) groups excluding carboxylic acids is 2. The average molecular weight is 609 g/mol. The van der Waals surface area contributed by atoms with Crippen LogP contribution in [-0.2, 0) is 6.54 Å². The number of nitrogens with zero attached hydrogens (tertiary/aromatic N) is 6. The van der Waals surface area contributed by atoms with Crippen LogP contribution in [-0.4, -0.2) is 75.9 Å². The fraction of sp³-hybridized carbons (Fsp3) is 0.343. The minimum Gasteiger partial charge on any atom is -0.492 e. The Labute approximate surface area is 262 Å². The van der Waals surface area contributed by atoms with Crippen LogP contribution in [0.1, 0.15) is 52.1 Å². The molecule has 0 aliphatic carbocycles. The van der Waals surface area contributed by atoms with Crippen molar-refractivity contribution >= 4 is 17.6 Å². The summed E-state index contributed by atoms with van der Waals surface area (Å²) in [7, 11) is 0. The molecule has 0 saturated carbocycles. The summed E-state index contributed by atoms with van der Waals surface area (Å²) >= 11 is 0. The molecule has 0 bridgehead atoms. The summed E-state index contributed by atoms with van der Waals surface area (Å²) < 4.78 is 19.9. The molecular formula is C35H37FN6O3. The molecule has 2 aliphatic rings. The fourth-order valence-corrected chi connectivity index (χ4v) is 6.22. The minimum absolute atomic E-state index is 0.0888. The van der Waals surface area contributed by atoms with Crippen LogP contribution in [0.25, 0.3) is 0 Å². The molecule has 0 unspecified atom stereocenters. The summed E-state index contributed by atoms with van der Waals surface area (Å²) in [5.41, 5.74) is 1.62. The number of para-hydroxylation sites is 1. The third-order valence-electron chi connectivity index (χ3n) is 8.86. The number of hydrogen-bond acceptors (Lipinski definition) is 7. The molecule has 2 amide bonds. The van der Waals surface area contributed by atoms with Gasteiger partial charge in [-0.25, -0.2) is 14.4 Å². The molecule has 1 fully saturated rings. The largest absolute Gasteiger partial charge is 0.492 e. The average Bonchev–Trinajstić information content (AvgIpc) is 3.10. The van der Waals surface area contributed by atoms with Gasteiger partial charge in [0.2, 0.25) is 0 Å². The monoisotopic (exact) mass is 608 g/mol. The molecule has 45 heavy (non-hydrogen) atoms. The number of fused-ring (bicyclic) bond motifs is 1. The zero-order valence-corrected chi connectivity index (χ0v) is 25.2. The first-order valence-corrected chi connectivity index (χ1v) is 15.5. The Balaban J connectivity index is 1.26. The van der Waals surface area contributed by atoms with E-state index in [1.165, 1.54) is 12.1 Å². The Morgan fingerprint density at radius 2 is 1.64 bits per heavy atom. The van der Waals surface area contributed by atoms with E-state index in [2.05, 4.69) is 19.9 Å². The molecule has 0 N–H and O–H groups in total. The van der Waals surface area contributed by atoms with Gasteiger partial charge in [0.1, 0.15) is 23.1 Å². The summed E-state index contributed by atoms with van der Waals surface area (Å²) in [5, 5.41) is 0. The van der Waals surface area contributed by atoms with Gasteiger partial charge in [-0.1, -0.05) is 42.5 Å². The van der Waals surface area contributed by atoms with Crippen LogP contribution >= 0.6 is 0 Å². The van der Waals surface area contributed by atoms with Crippen LogP contribution in [0.3, 0.4) is 0 Å². The van der Waals surface area contributed by atoms with E-state index in [4.69, 9.17) is 4.74 Å². The molecule has 0 radical (unpaired) electrons. The zero-order chi connectivity index (χ0) is 31.1. The second-order valence-electron chi connectivity index (χ2n) is 11.8. The van der Waals surface area contributed by atoms with Crippen LogP contribution in [0.4, 0.5) is 10.2 Å². The quantitative estimate of drug-likeness (QED) is 0.312. The second-order valence-corrected chi connectivity index (χ2v) is 11.8. The van der Waals surface area contributed by atoms with E-state index < -0.39 is 5.82 Å². The van der Waals surface area contributed by atoms with Crippen molar-refractivity contribution in [3.05, 3.63) is 114 Å². The lowest BCUT2D eigenvalue weighted by Gasteiger charge is -2.42. The fourth-order valence-electron chi connectivity index (χ4n) is 6.22. The van der Waals surface area contributed by atoms with E-state index in [9.17, 15) is 14.0 Å². The lowest BCUT2D eigenvalue weighted by atomic mass is 9.75. The van der Waals surface area contributed by atoms with Gasteiger partial charge in [-0.15, -0.1) is 0 Å². The predicted molar refractivity (Wildman–Crippen MR) is 168 cm³/mol. The third-order valence-corrected chi connectivity index (χ3v) is 8.86. The van der Waals surface area contributed by atoms with E-state index in [-0.39, 0.29) is 22.9 Å². The third kappa shape index (κ3) is 7.28. The molecule has 0 atom stereocenters. The predicted octanol–water partition coefficient (Wildman–Crippen LogP) is 5.25. The summed E-state index contributed by atoms with van der Waals surface area (Å²) in [6, 6.07) is 20.2. The Bertz CT molecular complexity index is 1580. The molecule has 1 saturated heterocycles. The maximum atomic E-state index is 14.2. The second kappa shape index (κ2) is 13.8. The molecule has 6 rings (SSSR count). The summed E-state index contributed by atoms with van der Waals surface area (Å²) in [6.07, 6.45) is 9.43. The zero-order valence-electron chi connectivity index (χ0n) is 25.2. The van der Waals surface area contributed by atoms with E-state index in [0.717, 1.165) is 49.8 Å². The molecule has 2 aromatic heterocycles. The van der Waals surface area contributed by atoms with Crippen LogP contribution in [0.15, 0.2) is 91.5 Å². The molecule has 1 spiro atoms. The van der Waals surface area contributed by atoms with Gasteiger partial charge in [-0.3, -0.25) is 14.6 Å². The lowest BCUT2D eigenvalue weighted by Crippen LogP contribution is -2.46. The number of amides is 2. The first kappa shape index (κ1) is 30.2. The summed E-state index contributed by atoms with van der Waals surface area (Å²) in [6.45, 7) is 3.82. The molecule has 2 aliphatic heterocycles. The first-order chi connectivity index (χ1) is 22.0. The first-order valence-electron chi connectivity index (χ1n) is 15.5. The Kier molecular flexibility index (Phi) is 9.28. The van der Waals surface area contributed by atoms with Crippen LogP contribution in [0.5, 0.6) is 5.75 Å². The highest BCUT2D eigenvalue weighted by atomic mass is 19.1. The maximum absolute atomic E-state index is 14.2. The van der Waals surface area contributed by atoms with E-state index in [1.54, 1.807) is 23.5 Å². The summed E-state index contributed by atoms with van der Waals surface area (Å²) in [5.74, 6) is 0.590. The number of piperidine rings is 1. The normalized spacial score (nSPS) is 17.4. The number of halogens is 1. The Morgan fingerprint density at radius 3 is 2.40 bits per heavy atom. The number of carbonyl (C=O) groups is 2. The van der Waals surface area contributed by atoms with E-state index >= 15 is 0 Å². The number of hydrogen-bond donors (Lipinski definition) is 0. The van der Waals surface area contributed by atoms with E-state index in [1.807, 2.05) is 59.5 Å². The van der Waals surface area contributed by atoms with Crippen molar-refractivity contribution in [2.45, 2.75) is 32.2 Å². The van der Waals surface area contributed by atoms with Gasteiger partial charge in [0, 0.05) is 57.1 Å². The molecular weight excluding hydrogens is 571 g/mol. The maximum Gasteiger partial charge on any atom is 0.272 e. The van der Waals surface area contributed by atoms with Gasteiger partial charge in [-0.05, 0) is 55.5 Å². The number of ether oxygens (including phenoxy) is 1. The van der Waals surface area contributed by atoms with Crippen molar-refractivity contribution in [1.82, 2.24) is 24.8 Å². The standard InChI is InChI=1S/C35H37FN6O3/c36-28-11-12-30(39-23-28)34(44)41-19-14-35(15-20-41)13-6-18-40(32-24-37-16-17-38-32)21-22-42(25-27-7-2-1-3-8-27)33(43)29-9-4-5-10-31(29)45-26-35/h1-5,7-12,16-17,23-24H,6,13-15,18-22,25-26H2. The van der Waals surface area contributed by atoms with Crippen molar-refractivity contribution < 1.29 is 18.7 Å². The molecule has 4 aromatic rings. The molecule has 232 valence electrons. The summed E-state index contributed by atoms with van der Waals surface area (Å²) in [4.78, 5) is 46.0. The number of likely N-dealkylation sites (tertiary alicyclic amines) is 1. The van der Waals surface area contributed by atoms with Gasteiger partial charge < -0.3 is 19.4 Å².